The van der Waals surface area contributed by atoms with Gasteiger partial charge in [-0.1, -0.05) is 0 Å². The summed E-state index contributed by atoms with van der Waals surface area (Å²) in [5, 5.41) is 2.32. The molecule has 19 heavy (non-hydrogen) atoms. The third-order valence-corrected chi connectivity index (χ3v) is 6.06. The zero-order valence-corrected chi connectivity index (χ0v) is 12.3. The Morgan fingerprint density at radius 2 is 2.16 bits per heavy atom. The normalized spacial score (nSPS) is 27.6. The van der Waals surface area contributed by atoms with Crippen molar-refractivity contribution in [2.75, 3.05) is 13.7 Å². The minimum absolute atomic E-state index is 0.0846. The fourth-order valence-corrected chi connectivity index (χ4v) is 4.09. The largest absolute Gasteiger partial charge is 0.468 e. The number of rotatable bonds is 4. The first kappa shape index (κ1) is 14.7. The summed E-state index contributed by atoms with van der Waals surface area (Å²) in [5.41, 5.74) is 0.125. The fraction of sp³-hybridized carbons (Fsp3) is 0.917. The zero-order chi connectivity index (χ0) is 14.1. The van der Waals surface area contributed by atoms with E-state index >= 15 is 0 Å². The molecule has 2 unspecified atom stereocenters. The Hall–Kier alpha value is -0.660. The van der Waals surface area contributed by atoms with E-state index in [9.17, 15) is 13.2 Å². The number of esters is 1. The summed E-state index contributed by atoms with van der Waals surface area (Å²) < 4.78 is 31.3. The number of methoxy groups -OCH3 is 1. The number of hydrogen-bond donors (Lipinski definition) is 2. The van der Waals surface area contributed by atoms with Crippen molar-refractivity contribution >= 4 is 16.0 Å². The second kappa shape index (κ2) is 5.38. The first-order valence-corrected chi connectivity index (χ1v) is 8.27. The monoisotopic (exact) mass is 290 g/mol. The summed E-state index contributed by atoms with van der Waals surface area (Å²) in [7, 11) is -2.46. The number of nitrogens with one attached hydrogen (secondary N) is 2. The standard InChI is InChI=1S/C12H22N2O4S/c1-9(11(15)18-2)19(16,17)14-10-4-7-13-12(8-10)5-3-6-12/h9-10,13-14H,3-8H2,1-2H3. The maximum atomic E-state index is 12.1. The van der Waals surface area contributed by atoms with Gasteiger partial charge in [0, 0.05) is 11.6 Å². The van der Waals surface area contributed by atoms with E-state index in [0.717, 1.165) is 32.2 Å². The van der Waals surface area contributed by atoms with Crippen molar-refractivity contribution in [3.8, 4) is 0 Å². The van der Waals surface area contributed by atoms with Gasteiger partial charge in [0.05, 0.1) is 7.11 Å². The van der Waals surface area contributed by atoms with E-state index in [1.807, 2.05) is 0 Å². The molecule has 1 saturated carbocycles. The van der Waals surface area contributed by atoms with Gasteiger partial charge >= 0.3 is 5.97 Å². The second-order valence-corrected chi connectivity index (χ2v) is 7.61. The number of hydrogen-bond acceptors (Lipinski definition) is 5. The Morgan fingerprint density at radius 3 is 2.68 bits per heavy atom. The van der Waals surface area contributed by atoms with Gasteiger partial charge in [0.2, 0.25) is 10.0 Å². The third kappa shape index (κ3) is 3.09. The van der Waals surface area contributed by atoms with Crippen LogP contribution in [0.4, 0.5) is 0 Å². The van der Waals surface area contributed by atoms with Gasteiger partial charge in [0.25, 0.3) is 0 Å². The SMILES string of the molecule is COC(=O)C(C)S(=O)(=O)NC1CCNC2(CCC2)C1. The van der Waals surface area contributed by atoms with Crippen molar-refractivity contribution in [1.82, 2.24) is 10.0 Å². The van der Waals surface area contributed by atoms with E-state index in [4.69, 9.17) is 0 Å². The minimum Gasteiger partial charge on any atom is -0.468 e. The van der Waals surface area contributed by atoms with E-state index in [0.29, 0.717) is 0 Å². The topological polar surface area (TPSA) is 84.5 Å². The number of carbonyl (C=O) groups excluding carboxylic acids is 1. The molecule has 1 spiro atoms. The molecule has 0 radical (unpaired) electrons. The van der Waals surface area contributed by atoms with E-state index in [1.54, 1.807) is 0 Å². The highest BCUT2D eigenvalue weighted by atomic mass is 32.2. The molecule has 0 aromatic rings. The molecule has 1 saturated heterocycles. The smallest absolute Gasteiger partial charge is 0.325 e. The molecular weight excluding hydrogens is 268 g/mol. The maximum Gasteiger partial charge on any atom is 0.325 e. The Balaban J connectivity index is 1.98. The molecule has 2 fully saturated rings. The van der Waals surface area contributed by atoms with Crippen molar-refractivity contribution in [2.24, 2.45) is 0 Å². The van der Waals surface area contributed by atoms with Crippen LogP contribution in [-0.2, 0) is 19.6 Å². The lowest BCUT2D eigenvalue weighted by Gasteiger charge is -2.48. The lowest BCUT2D eigenvalue weighted by Crippen LogP contribution is -2.60. The molecule has 2 rings (SSSR count). The molecule has 7 heteroatoms. The summed E-state index contributed by atoms with van der Waals surface area (Å²) in [6.07, 6.45) is 4.98. The Labute approximate surface area is 114 Å². The predicted molar refractivity (Wildman–Crippen MR) is 71.1 cm³/mol. The van der Waals surface area contributed by atoms with Crippen LogP contribution in [0.5, 0.6) is 0 Å². The number of piperidine rings is 1. The molecular formula is C12H22N2O4S. The number of sulfonamides is 1. The molecule has 1 aliphatic carbocycles. The Morgan fingerprint density at radius 1 is 1.47 bits per heavy atom. The average Bonchev–Trinajstić information content (AvgIpc) is 2.34. The highest BCUT2D eigenvalue weighted by molar-refractivity contribution is 7.90. The van der Waals surface area contributed by atoms with Crippen molar-refractivity contribution in [3.05, 3.63) is 0 Å². The van der Waals surface area contributed by atoms with Crippen LogP contribution in [0.1, 0.15) is 39.0 Å². The highest BCUT2D eigenvalue weighted by Crippen LogP contribution is 2.38. The van der Waals surface area contributed by atoms with Gasteiger partial charge in [-0.05, 0) is 45.6 Å². The lowest BCUT2D eigenvalue weighted by molar-refractivity contribution is -0.139. The molecule has 2 aliphatic rings. The van der Waals surface area contributed by atoms with Gasteiger partial charge in [0.15, 0.2) is 5.25 Å². The molecule has 0 aromatic carbocycles. The van der Waals surface area contributed by atoms with E-state index < -0.39 is 21.2 Å². The predicted octanol–water partition coefficient (Wildman–Crippen LogP) is 0.142. The van der Waals surface area contributed by atoms with Gasteiger partial charge < -0.3 is 10.1 Å². The highest BCUT2D eigenvalue weighted by Gasteiger charge is 2.42. The van der Waals surface area contributed by atoms with Crippen LogP contribution in [0.2, 0.25) is 0 Å². The molecule has 2 atom stereocenters. The number of ether oxygens (including phenoxy) is 1. The van der Waals surface area contributed by atoms with Crippen LogP contribution in [0.15, 0.2) is 0 Å². The van der Waals surface area contributed by atoms with E-state index in [1.165, 1.54) is 20.5 Å². The Bertz CT molecular complexity index is 445. The van der Waals surface area contributed by atoms with Gasteiger partial charge in [-0.25, -0.2) is 13.1 Å². The molecule has 6 nitrogen and oxygen atoms in total. The quantitative estimate of drug-likeness (QED) is 0.720. The lowest BCUT2D eigenvalue weighted by atomic mass is 9.70. The molecule has 110 valence electrons. The van der Waals surface area contributed by atoms with E-state index in [2.05, 4.69) is 14.8 Å². The van der Waals surface area contributed by atoms with Crippen LogP contribution in [-0.4, -0.2) is 44.9 Å². The molecule has 0 aromatic heterocycles. The summed E-state index contributed by atoms with van der Waals surface area (Å²) in [4.78, 5) is 11.3. The van der Waals surface area contributed by atoms with Crippen molar-refractivity contribution in [3.63, 3.8) is 0 Å². The first-order chi connectivity index (χ1) is 8.88. The fourth-order valence-electron chi connectivity index (χ4n) is 2.87. The van der Waals surface area contributed by atoms with Crippen LogP contribution < -0.4 is 10.0 Å². The second-order valence-electron chi connectivity index (χ2n) is 5.58. The van der Waals surface area contributed by atoms with Gasteiger partial charge in [0.1, 0.15) is 0 Å². The zero-order valence-electron chi connectivity index (χ0n) is 11.4. The van der Waals surface area contributed by atoms with Crippen LogP contribution in [0.3, 0.4) is 0 Å². The van der Waals surface area contributed by atoms with Crippen molar-refractivity contribution in [1.29, 1.82) is 0 Å². The minimum atomic E-state index is -3.66. The summed E-state index contributed by atoms with van der Waals surface area (Å²) in [6, 6.07) is -0.0846. The first-order valence-electron chi connectivity index (χ1n) is 6.73. The third-order valence-electron chi connectivity index (χ3n) is 4.27. The molecule has 0 amide bonds. The number of carbonyl (C=O) groups is 1. The summed E-state index contributed by atoms with van der Waals surface area (Å²) in [6.45, 7) is 2.17. The molecule has 1 heterocycles. The van der Waals surface area contributed by atoms with Crippen molar-refractivity contribution in [2.45, 2.75) is 55.9 Å². The Kier molecular flexibility index (Phi) is 4.17. The average molecular weight is 290 g/mol. The van der Waals surface area contributed by atoms with Crippen LogP contribution in [0.25, 0.3) is 0 Å². The maximum absolute atomic E-state index is 12.1. The summed E-state index contributed by atoms with van der Waals surface area (Å²) in [5.74, 6) is -0.722. The van der Waals surface area contributed by atoms with E-state index in [-0.39, 0.29) is 11.6 Å². The van der Waals surface area contributed by atoms with Crippen molar-refractivity contribution < 1.29 is 17.9 Å². The molecule has 0 bridgehead atoms. The molecule has 1 aliphatic heterocycles. The van der Waals surface area contributed by atoms with Gasteiger partial charge in [-0.15, -0.1) is 0 Å². The summed E-state index contributed by atoms with van der Waals surface area (Å²) >= 11 is 0. The molecule has 2 N–H and O–H groups in total. The van der Waals surface area contributed by atoms with Gasteiger partial charge in [-0.3, -0.25) is 4.79 Å². The van der Waals surface area contributed by atoms with Gasteiger partial charge in [-0.2, -0.15) is 0 Å². The van der Waals surface area contributed by atoms with Crippen LogP contribution >= 0.6 is 0 Å². The van der Waals surface area contributed by atoms with Crippen LogP contribution in [0, 0.1) is 0 Å².